The summed E-state index contributed by atoms with van der Waals surface area (Å²) >= 11 is 0. The largest absolute Gasteiger partial charge is 0.415 e. The molecule has 4 rings (SSSR count). The SMILES string of the molecule is CC1(C2(Nc3ncc(-c4nnc(C(F)F)o4)cn3)CC2)CC1. The van der Waals surface area contributed by atoms with Crippen LogP contribution in [0.4, 0.5) is 14.7 Å². The standard InChI is InChI=1S/C14H15F2N5O/c1-13(2-3-13)14(4-5-14)19-12-17-6-8(7-18-12)10-20-21-11(22-10)9(15)16/h6-7,9H,2-5H2,1H3,(H,17,18,19). The van der Waals surface area contributed by atoms with E-state index in [9.17, 15) is 8.78 Å². The van der Waals surface area contributed by atoms with E-state index in [2.05, 4.69) is 32.4 Å². The number of halogens is 2. The maximum Gasteiger partial charge on any atom is 0.314 e. The highest BCUT2D eigenvalue weighted by Crippen LogP contribution is 2.64. The number of hydrogen-bond acceptors (Lipinski definition) is 6. The van der Waals surface area contributed by atoms with Crippen molar-refractivity contribution in [1.82, 2.24) is 20.2 Å². The molecule has 2 aliphatic rings. The molecule has 2 saturated carbocycles. The average molecular weight is 307 g/mol. The number of alkyl halides is 2. The third kappa shape index (κ3) is 2.13. The Morgan fingerprint density at radius 3 is 2.32 bits per heavy atom. The van der Waals surface area contributed by atoms with Gasteiger partial charge in [-0.25, -0.2) is 9.97 Å². The molecule has 1 N–H and O–H groups in total. The molecule has 0 radical (unpaired) electrons. The summed E-state index contributed by atoms with van der Waals surface area (Å²) in [5.74, 6) is -0.157. The maximum atomic E-state index is 12.4. The molecular formula is C14H15F2N5O. The Morgan fingerprint density at radius 1 is 1.14 bits per heavy atom. The first-order valence-electron chi connectivity index (χ1n) is 7.24. The second kappa shape index (κ2) is 4.44. The summed E-state index contributed by atoms with van der Waals surface area (Å²) in [5.41, 5.74) is 0.905. The predicted octanol–water partition coefficient (Wildman–Crippen LogP) is 3.21. The number of anilines is 1. The van der Waals surface area contributed by atoms with Crippen LogP contribution in [0.1, 0.15) is 44.9 Å². The zero-order valence-corrected chi connectivity index (χ0v) is 12.0. The van der Waals surface area contributed by atoms with Crippen LogP contribution < -0.4 is 5.32 Å². The van der Waals surface area contributed by atoms with E-state index in [0.29, 0.717) is 16.9 Å². The van der Waals surface area contributed by atoms with Crippen molar-refractivity contribution in [2.75, 3.05) is 5.32 Å². The minimum absolute atomic E-state index is 0.00265. The second-order valence-corrected chi connectivity index (χ2v) is 6.31. The van der Waals surface area contributed by atoms with Gasteiger partial charge in [-0.05, 0) is 31.1 Å². The maximum absolute atomic E-state index is 12.4. The first kappa shape index (κ1) is 13.5. The fourth-order valence-corrected chi connectivity index (χ4v) is 2.83. The highest BCUT2D eigenvalue weighted by atomic mass is 19.3. The molecule has 0 spiro atoms. The monoisotopic (exact) mass is 307 g/mol. The summed E-state index contributed by atoms with van der Waals surface area (Å²) in [7, 11) is 0. The van der Waals surface area contributed by atoms with Gasteiger partial charge < -0.3 is 9.73 Å². The lowest BCUT2D eigenvalue weighted by Crippen LogP contribution is -2.31. The molecule has 2 heterocycles. The average Bonchev–Trinajstić information content (AvgIpc) is 3.39. The van der Waals surface area contributed by atoms with E-state index in [1.54, 1.807) is 0 Å². The van der Waals surface area contributed by atoms with Gasteiger partial charge in [-0.2, -0.15) is 8.78 Å². The fraction of sp³-hybridized carbons (Fsp3) is 0.571. The quantitative estimate of drug-likeness (QED) is 0.914. The number of rotatable bonds is 5. The molecule has 0 aliphatic heterocycles. The van der Waals surface area contributed by atoms with E-state index >= 15 is 0 Å². The van der Waals surface area contributed by atoms with Crippen molar-refractivity contribution in [2.24, 2.45) is 5.41 Å². The summed E-state index contributed by atoms with van der Waals surface area (Å²) in [6.45, 7) is 2.28. The summed E-state index contributed by atoms with van der Waals surface area (Å²) in [6, 6.07) is 0. The van der Waals surface area contributed by atoms with Gasteiger partial charge in [0.2, 0.25) is 5.95 Å². The van der Waals surface area contributed by atoms with Crippen molar-refractivity contribution in [3.8, 4) is 11.5 Å². The first-order valence-corrected chi connectivity index (χ1v) is 7.24. The van der Waals surface area contributed by atoms with Crippen LogP contribution in [-0.2, 0) is 0 Å². The van der Waals surface area contributed by atoms with E-state index in [0.717, 1.165) is 12.8 Å². The molecule has 0 saturated heterocycles. The molecule has 2 fully saturated rings. The number of nitrogens with zero attached hydrogens (tertiary/aromatic N) is 4. The summed E-state index contributed by atoms with van der Waals surface area (Å²) in [6.07, 6.45) is 4.96. The minimum atomic E-state index is -2.78. The normalized spacial score (nSPS) is 20.9. The van der Waals surface area contributed by atoms with Gasteiger partial charge >= 0.3 is 6.43 Å². The molecule has 22 heavy (non-hydrogen) atoms. The van der Waals surface area contributed by atoms with Crippen LogP contribution in [0, 0.1) is 5.41 Å². The predicted molar refractivity (Wildman–Crippen MR) is 73.2 cm³/mol. The summed E-state index contributed by atoms with van der Waals surface area (Å²) in [5, 5.41) is 10.3. The Hall–Kier alpha value is -2.12. The van der Waals surface area contributed by atoms with Gasteiger partial charge in [0.1, 0.15) is 0 Å². The van der Waals surface area contributed by atoms with E-state index in [4.69, 9.17) is 4.42 Å². The van der Waals surface area contributed by atoms with Gasteiger partial charge in [0.15, 0.2) is 0 Å². The molecule has 8 heteroatoms. The lowest BCUT2D eigenvalue weighted by molar-refractivity contribution is 0.116. The number of nitrogens with one attached hydrogen (secondary N) is 1. The molecule has 0 aromatic carbocycles. The zero-order valence-electron chi connectivity index (χ0n) is 12.0. The van der Waals surface area contributed by atoms with Crippen LogP contribution >= 0.6 is 0 Å². The van der Waals surface area contributed by atoms with Gasteiger partial charge in [-0.15, -0.1) is 10.2 Å². The second-order valence-electron chi connectivity index (χ2n) is 6.31. The van der Waals surface area contributed by atoms with Crippen molar-refractivity contribution in [3.05, 3.63) is 18.3 Å². The molecule has 6 nitrogen and oxygen atoms in total. The Kier molecular flexibility index (Phi) is 2.73. The topological polar surface area (TPSA) is 76.7 Å². The van der Waals surface area contributed by atoms with E-state index in [1.165, 1.54) is 25.2 Å². The third-order valence-electron chi connectivity index (χ3n) is 4.78. The minimum Gasteiger partial charge on any atom is -0.415 e. The van der Waals surface area contributed by atoms with Crippen molar-refractivity contribution in [1.29, 1.82) is 0 Å². The van der Waals surface area contributed by atoms with Gasteiger partial charge in [0, 0.05) is 17.9 Å². The van der Waals surface area contributed by atoms with Crippen LogP contribution in [0.2, 0.25) is 0 Å². The van der Waals surface area contributed by atoms with Gasteiger partial charge in [0.05, 0.1) is 5.56 Å². The summed E-state index contributed by atoms with van der Waals surface area (Å²) < 4.78 is 29.7. The van der Waals surface area contributed by atoms with Gasteiger partial charge in [-0.1, -0.05) is 6.92 Å². The van der Waals surface area contributed by atoms with Gasteiger partial charge in [-0.3, -0.25) is 0 Å². The number of hydrogen-bond donors (Lipinski definition) is 1. The van der Waals surface area contributed by atoms with E-state index < -0.39 is 12.3 Å². The van der Waals surface area contributed by atoms with Crippen molar-refractivity contribution in [3.63, 3.8) is 0 Å². The molecular weight excluding hydrogens is 292 g/mol. The first-order chi connectivity index (χ1) is 10.5. The Morgan fingerprint density at radius 2 is 1.82 bits per heavy atom. The van der Waals surface area contributed by atoms with E-state index in [1.807, 2.05) is 0 Å². The Bertz CT molecular complexity index is 692. The van der Waals surface area contributed by atoms with Crippen LogP contribution in [-0.4, -0.2) is 25.7 Å². The number of aromatic nitrogens is 4. The van der Waals surface area contributed by atoms with E-state index in [-0.39, 0.29) is 11.4 Å². The van der Waals surface area contributed by atoms with Crippen molar-refractivity contribution in [2.45, 2.75) is 44.6 Å². The van der Waals surface area contributed by atoms with Crippen LogP contribution in [0.25, 0.3) is 11.5 Å². The van der Waals surface area contributed by atoms with Gasteiger partial charge in [0.25, 0.3) is 11.8 Å². The smallest absolute Gasteiger partial charge is 0.314 e. The molecule has 0 atom stereocenters. The molecule has 2 aliphatic carbocycles. The summed E-state index contributed by atoms with van der Waals surface area (Å²) in [4.78, 5) is 8.48. The third-order valence-corrected chi connectivity index (χ3v) is 4.78. The Balaban J connectivity index is 1.51. The molecule has 0 unspecified atom stereocenters. The van der Waals surface area contributed by atoms with Crippen molar-refractivity contribution < 1.29 is 13.2 Å². The Labute approximate surface area is 125 Å². The molecule has 2 aromatic heterocycles. The van der Waals surface area contributed by atoms with Crippen LogP contribution in [0.15, 0.2) is 16.8 Å². The van der Waals surface area contributed by atoms with Crippen LogP contribution in [0.3, 0.4) is 0 Å². The lowest BCUT2D eigenvalue weighted by atomic mass is 9.96. The molecule has 0 bridgehead atoms. The highest BCUT2D eigenvalue weighted by Gasteiger charge is 2.62. The molecule has 0 amide bonds. The van der Waals surface area contributed by atoms with Crippen molar-refractivity contribution >= 4 is 5.95 Å². The van der Waals surface area contributed by atoms with Crippen LogP contribution in [0.5, 0.6) is 0 Å². The lowest BCUT2D eigenvalue weighted by Gasteiger charge is -2.24. The zero-order chi connectivity index (χ0) is 15.4. The fourth-order valence-electron chi connectivity index (χ4n) is 2.83. The molecule has 2 aromatic rings. The highest BCUT2D eigenvalue weighted by molar-refractivity contribution is 5.51. The molecule has 116 valence electrons.